The molecule has 0 aromatic heterocycles. The van der Waals surface area contributed by atoms with Gasteiger partial charge in [-0.15, -0.1) is 0 Å². The van der Waals surface area contributed by atoms with Crippen LogP contribution in [0.1, 0.15) is 189 Å². The van der Waals surface area contributed by atoms with Gasteiger partial charge < -0.3 is 9.47 Å². The van der Waals surface area contributed by atoms with E-state index in [4.69, 9.17) is 9.47 Å². The number of Topliss-reactive ketones (excluding diaryl/α,β-unsaturated/α-hetero) is 2. The van der Waals surface area contributed by atoms with E-state index >= 15 is 0 Å². The Hall–Kier alpha value is -2.63. The molecule has 2 aliphatic carbocycles. The minimum atomic E-state index is 0.0296. The summed E-state index contributed by atoms with van der Waals surface area (Å²) in [5, 5.41) is 0. The number of benzene rings is 2. The highest BCUT2D eigenvalue weighted by Crippen LogP contribution is 2.42. The number of carbonyl (C=O) groups excluding carboxylic acids is 3. The van der Waals surface area contributed by atoms with Crippen molar-refractivity contribution in [2.24, 2.45) is 11.8 Å². The molecule has 5 heteroatoms. The molecule has 48 heavy (non-hydrogen) atoms. The zero-order valence-corrected chi connectivity index (χ0v) is 30.5. The average Bonchev–Trinajstić information content (AvgIpc) is 3.13. The van der Waals surface area contributed by atoms with E-state index in [1.807, 2.05) is 36.4 Å². The monoisotopic (exact) mass is 658 g/mol. The Morgan fingerprint density at radius 2 is 0.979 bits per heavy atom. The largest absolute Gasteiger partial charge is 0.384 e. The van der Waals surface area contributed by atoms with Crippen molar-refractivity contribution in [1.82, 2.24) is 0 Å². The summed E-state index contributed by atoms with van der Waals surface area (Å²) in [6.45, 7) is 5.29. The topological polar surface area (TPSA) is 69.7 Å². The third-order valence-corrected chi connectivity index (χ3v) is 11.3. The van der Waals surface area contributed by atoms with Crippen LogP contribution in [0.5, 0.6) is 0 Å². The second-order valence-electron chi connectivity index (χ2n) is 14.7. The van der Waals surface area contributed by atoms with Crippen LogP contribution in [0, 0.1) is 11.8 Å². The Balaban J connectivity index is 1.66. The van der Waals surface area contributed by atoms with E-state index in [0.29, 0.717) is 37.2 Å². The Kier molecular flexibility index (Phi) is 16.0. The first kappa shape index (κ1) is 38.2. The van der Waals surface area contributed by atoms with Gasteiger partial charge in [-0.05, 0) is 98.3 Å². The summed E-state index contributed by atoms with van der Waals surface area (Å²) in [5.74, 6) is 2.18. The summed E-state index contributed by atoms with van der Waals surface area (Å²) in [7, 11) is 3.23. The van der Waals surface area contributed by atoms with E-state index in [2.05, 4.69) is 13.8 Å². The zero-order valence-electron chi connectivity index (χ0n) is 30.5. The lowest BCUT2D eigenvalue weighted by atomic mass is 9.73. The molecular weight excluding hydrogens is 596 g/mol. The van der Waals surface area contributed by atoms with Crippen molar-refractivity contribution in [1.29, 1.82) is 0 Å². The molecule has 2 aromatic carbocycles. The summed E-state index contributed by atoms with van der Waals surface area (Å²) >= 11 is 0. The number of unbranched alkanes of at least 4 members (excludes halogenated alkanes) is 4. The van der Waals surface area contributed by atoms with Gasteiger partial charge in [-0.2, -0.15) is 0 Å². The number of ether oxygens (including phenoxy) is 2. The van der Waals surface area contributed by atoms with Crippen LogP contribution in [0.15, 0.2) is 36.4 Å². The Morgan fingerprint density at radius 1 is 0.583 bits per heavy atom. The van der Waals surface area contributed by atoms with Crippen LogP contribution < -0.4 is 0 Å². The van der Waals surface area contributed by atoms with Gasteiger partial charge in [-0.25, -0.2) is 0 Å². The van der Waals surface area contributed by atoms with Crippen LogP contribution in [0.3, 0.4) is 0 Å². The van der Waals surface area contributed by atoms with Crippen molar-refractivity contribution in [2.45, 2.75) is 141 Å². The molecule has 2 saturated carbocycles. The van der Waals surface area contributed by atoms with Gasteiger partial charge in [-0.1, -0.05) is 89.5 Å². The first-order valence-electron chi connectivity index (χ1n) is 19.3. The number of ketones is 3. The maximum atomic E-state index is 14.7. The van der Waals surface area contributed by atoms with Crippen LogP contribution in [0.2, 0.25) is 0 Å². The quantitative estimate of drug-likeness (QED) is 0.105. The lowest BCUT2D eigenvalue weighted by molar-refractivity contribution is 0.0923. The SMILES string of the molecule is CCCCCC1CCC(c2cc(C(=O)CCOC)ccc2C(=O)c2ccc(C(=O)CCOC)cc2C2CCC(CCCCC)CC2)CC1. The van der Waals surface area contributed by atoms with Gasteiger partial charge in [0.15, 0.2) is 17.3 Å². The maximum Gasteiger partial charge on any atom is 0.193 e. The fourth-order valence-electron chi connectivity index (χ4n) is 8.27. The van der Waals surface area contributed by atoms with Crippen LogP contribution in [0.25, 0.3) is 0 Å². The smallest absolute Gasteiger partial charge is 0.193 e. The number of carbonyl (C=O) groups is 3. The standard InChI is InChI=1S/C43H62O5/c1-5-7-9-11-31-13-17-33(18-14-31)39-29-35(41(44)25-27-47-3)21-23-37(39)43(46)38-24-22-36(42(45)26-28-48-4)30-40(38)34-19-15-32(16-20-34)12-10-8-6-2/h21-24,29-34H,5-20,25-28H2,1-4H3. The molecule has 0 aliphatic heterocycles. The number of methoxy groups -OCH3 is 2. The maximum absolute atomic E-state index is 14.7. The molecule has 0 bridgehead atoms. The molecule has 0 radical (unpaired) electrons. The molecular formula is C43H62O5. The molecule has 5 nitrogen and oxygen atoms in total. The van der Waals surface area contributed by atoms with Gasteiger partial charge in [0.2, 0.25) is 0 Å². The zero-order chi connectivity index (χ0) is 34.3. The van der Waals surface area contributed by atoms with Crippen LogP contribution >= 0.6 is 0 Å². The first-order valence-corrected chi connectivity index (χ1v) is 19.3. The third kappa shape index (κ3) is 10.7. The second kappa shape index (κ2) is 20.1. The van der Waals surface area contributed by atoms with E-state index in [9.17, 15) is 14.4 Å². The first-order chi connectivity index (χ1) is 23.4. The number of rotatable bonds is 20. The molecule has 0 saturated heterocycles. The Labute approximate surface area is 291 Å². The molecule has 2 fully saturated rings. The van der Waals surface area contributed by atoms with Crippen molar-refractivity contribution in [2.75, 3.05) is 27.4 Å². The lowest BCUT2D eigenvalue weighted by Crippen LogP contribution is -2.20. The van der Waals surface area contributed by atoms with E-state index in [1.54, 1.807) is 14.2 Å². The lowest BCUT2D eigenvalue weighted by Gasteiger charge is -2.31. The van der Waals surface area contributed by atoms with Crippen LogP contribution in [0.4, 0.5) is 0 Å². The summed E-state index contributed by atoms with van der Waals surface area (Å²) in [6, 6.07) is 11.6. The Bertz CT molecular complexity index is 1210. The molecule has 0 unspecified atom stereocenters. The number of hydrogen-bond acceptors (Lipinski definition) is 5. The predicted octanol–water partition coefficient (Wildman–Crippen LogP) is 11.1. The molecule has 0 spiro atoms. The second-order valence-corrected chi connectivity index (χ2v) is 14.7. The summed E-state index contributed by atoms with van der Waals surface area (Å²) in [5.41, 5.74) is 4.84. The minimum Gasteiger partial charge on any atom is -0.384 e. The average molecular weight is 659 g/mol. The molecule has 4 rings (SSSR count). The van der Waals surface area contributed by atoms with Crippen molar-refractivity contribution in [3.63, 3.8) is 0 Å². The van der Waals surface area contributed by atoms with Gasteiger partial charge in [0.05, 0.1) is 13.2 Å². The summed E-state index contributed by atoms with van der Waals surface area (Å²) in [6.07, 6.45) is 19.8. The normalized spacial score (nSPS) is 21.2. The van der Waals surface area contributed by atoms with E-state index in [0.717, 1.165) is 59.8 Å². The number of hydrogen-bond donors (Lipinski definition) is 0. The van der Waals surface area contributed by atoms with Crippen molar-refractivity contribution in [3.8, 4) is 0 Å². The molecule has 2 aromatic rings. The molecule has 0 atom stereocenters. The predicted molar refractivity (Wildman–Crippen MR) is 196 cm³/mol. The highest BCUT2D eigenvalue weighted by molar-refractivity contribution is 6.12. The van der Waals surface area contributed by atoms with Gasteiger partial charge >= 0.3 is 0 Å². The minimum absolute atomic E-state index is 0.0296. The molecule has 0 N–H and O–H groups in total. The van der Waals surface area contributed by atoms with Crippen LogP contribution in [-0.4, -0.2) is 44.8 Å². The molecule has 264 valence electrons. The van der Waals surface area contributed by atoms with E-state index in [1.165, 1.54) is 77.0 Å². The molecule has 2 aliphatic rings. The molecule has 0 heterocycles. The van der Waals surface area contributed by atoms with Gasteiger partial charge in [0.25, 0.3) is 0 Å². The van der Waals surface area contributed by atoms with E-state index < -0.39 is 0 Å². The van der Waals surface area contributed by atoms with Gasteiger partial charge in [0.1, 0.15) is 0 Å². The Morgan fingerprint density at radius 3 is 1.33 bits per heavy atom. The van der Waals surface area contributed by atoms with Crippen molar-refractivity contribution in [3.05, 3.63) is 69.8 Å². The third-order valence-electron chi connectivity index (χ3n) is 11.3. The van der Waals surface area contributed by atoms with Crippen molar-refractivity contribution >= 4 is 17.3 Å². The highest BCUT2D eigenvalue weighted by atomic mass is 16.5. The fraction of sp³-hybridized carbons (Fsp3) is 0.651. The van der Waals surface area contributed by atoms with Gasteiger partial charge in [0, 0.05) is 49.3 Å². The fourth-order valence-corrected chi connectivity index (χ4v) is 8.27. The molecule has 0 amide bonds. The summed E-state index contributed by atoms with van der Waals surface area (Å²) < 4.78 is 10.4. The van der Waals surface area contributed by atoms with Gasteiger partial charge in [-0.3, -0.25) is 14.4 Å². The van der Waals surface area contributed by atoms with E-state index in [-0.39, 0.29) is 29.2 Å². The summed E-state index contributed by atoms with van der Waals surface area (Å²) in [4.78, 5) is 41.0. The highest BCUT2D eigenvalue weighted by Gasteiger charge is 2.30. The van der Waals surface area contributed by atoms with Crippen molar-refractivity contribution < 1.29 is 23.9 Å². The van der Waals surface area contributed by atoms with Crippen LogP contribution in [-0.2, 0) is 9.47 Å².